The largest absolute Gasteiger partial charge is 0.423 e. The number of likely N-dealkylation sites (N-methyl/N-ethyl adjacent to an activating group) is 2. The molecule has 0 saturated carbocycles. The summed E-state index contributed by atoms with van der Waals surface area (Å²) < 4.78 is 66.9. The Labute approximate surface area is 326 Å². The molecule has 4 rings (SSSR count). The summed E-state index contributed by atoms with van der Waals surface area (Å²) in [5.74, 6) is -4.69. The van der Waals surface area contributed by atoms with Crippen molar-refractivity contribution >= 4 is 103 Å². The first-order valence-corrected chi connectivity index (χ1v) is 19.8. The van der Waals surface area contributed by atoms with Crippen LogP contribution in [-0.4, -0.2) is 114 Å². The van der Waals surface area contributed by atoms with Gasteiger partial charge in [0.1, 0.15) is 9.79 Å². The molecule has 2 aliphatic heterocycles. The van der Waals surface area contributed by atoms with Gasteiger partial charge in [-0.15, -0.1) is 24.8 Å². The van der Waals surface area contributed by atoms with Gasteiger partial charge in [0.25, 0.3) is 0 Å². The Bertz CT molecular complexity index is 1600. The summed E-state index contributed by atoms with van der Waals surface area (Å²) in [6.45, 7) is 4.64. The Balaban J connectivity index is 0.00000433. The number of halogens is 6. The molecule has 0 bridgehead atoms. The topological polar surface area (TPSA) is 134 Å². The van der Waals surface area contributed by atoms with Crippen molar-refractivity contribution in [3.63, 3.8) is 0 Å². The van der Waals surface area contributed by atoms with Crippen LogP contribution >= 0.6 is 71.2 Å². The first-order valence-electron chi connectivity index (χ1n) is 15.4. The van der Waals surface area contributed by atoms with Gasteiger partial charge < -0.3 is 19.3 Å². The normalized spacial score (nSPS) is 16.1. The van der Waals surface area contributed by atoms with E-state index < -0.39 is 53.3 Å². The monoisotopic (exact) mass is 858 g/mol. The van der Waals surface area contributed by atoms with E-state index in [0.717, 1.165) is 97.6 Å². The minimum Gasteiger partial charge on any atom is -0.415 e. The SMILES string of the molecule is CN(CCN1CCCCC1)S(=O)(=O)c1cc(Cl)cc(Cl)c1OC(=O)C(=O)Oc1c(Cl)cc(Cl)cc1S(=O)(=O)N(C)CCN1CCCCC1.Cl.Cl. The highest BCUT2D eigenvalue weighted by Crippen LogP contribution is 2.39. The van der Waals surface area contributed by atoms with Gasteiger partial charge in [-0.3, -0.25) is 0 Å². The lowest BCUT2D eigenvalue weighted by Crippen LogP contribution is -2.39. The summed E-state index contributed by atoms with van der Waals surface area (Å²) in [6, 6.07) is 4.39. The molecule has 0 spiro atoms. The van der Waals surface area contributed by atoms with E-state index >= 15 is 0 Å². The molecule has 2 aromatic rings. The number of piperidine rings is 2. The summed E-state index contributed by atoms with van der Waals surface area (Å²) in [5.41, 5.74) is 0. The van der Waals surface area contributed by atoms with Crippen LogP contribution in [0.2, 0.25) is 20.1 Å². The number of carbonyl (C=O) groups is 2. The molecule has 0 radical (unpaired) electrons. The lowest BCUT2D eigenvalue weighted by molar-refractivity contribution is -0.156. The fourth-order valence-electron chi connectivity index (χ4n) is 5.43. The number of rotatable bonds is 12. The van der Waals surface area contributed by atoms with Gasteiger partial charge >= 0.3 is 11.9 Å². The van der Waals surface area contributed by atoms with E-state index in [1.165, 1.54) is 14.1 Å². The van der Waals surface area contributed by atoms with E-state index in [1.54, 1.807) is 0 Å². The van der Waals surface area contributed by atoms with Gasteiger partial charge in [0, 0.05) is 50.3 Å². The molecule has 0 N–H and O–H groups in total. The summed E-state index contributed by atoms with van der Waals surface area (Å²) in [7, 11) is -5.92. The molecule has 2 saturated heterocycles. The van der Waals surface area contributed by atoms with Gasteiger partial charge in [0.05, 0.1) is 10.0 Å². The van der Waals surface area contributed by atoms with Crippen LogP contribution in [0, 0.1) is 0 Å². The van der Waals surface area contributed by atoms with Crippen molar-refractivity contribution in [2.45, 2.75) is 48.3 Å². The van der Waals surface area contributed by atoms with E-state index in [-0.39, 0.29) is 58.0 Å². The molecule has 2 aliphatic rings. The number of carbonyl (C=O) groups excluding carboxylic acids is 2. The highest BCUT2D eigenvalue weighted by molar-refractivity contribution is 7.89. The van der Waals surface area contributed by atoms with E-state index in [4.69, 9.17) is 55.9 Å². The van der Waals surface area contributed by atoms with Crippen LogP contribution in [0.4, 0.5) is 0 Å². The van der Waals surface area contributed by atoms with Crippen LogP contribution in [0.25, 0.3) is 0 Å². The summed E-state index contributed by atoms with van der Waals surface area (Å²) in [5, 5.41) is -0.847. The molecule has 20 heteroatoms. The number of hydrogen-bond donors (Lipinski definition) is 0. The number of hydrogen-bond acceptors (Lipinski definition) is 10. The average Bonchev–Trinajstić information content (AvgIpc) is 3.05. The molecule has 2 fully saturated rings. The molecule has 12 nitrogen and oxygen atoms in total. The van der Waals surface area contributed by atoms with Gasteiger partial charge in [-0.2, -0.15) is 8.61 Å². The van der Waals surface area contributed by atoms with Crippen LogP contribution in [0.5, 0.6) is 11.5 Å². The minimum atomic E-state index is -4.32. The van der Waals surface area contributed by atoms with Gasteiger partial charge in [-0.05, 0) is 76.1 Å². The van der Waals surface area contributed by atoms with Crippen LogP contribution in [0.3, 0.4) is 0 Å². The maximum absolute atomic E-state index is 13.6. The number of esters is 2. The number of sulfonamides is 2. The van der Waals surface area contributed by atoms with E-state index in [2.05, 4.69) is 9.80 Å². The third-order valence-electron chi connectivity index (χ3n) is 8.24. The van der Waals surface area contributed by atoms with Crippen molar-refractivity contribution in [3.8, 4) is 11.5 Å². The van der Waals surface area contributed by atoms with E-state index in [9.17, 15) is 26.4 Å². The number of nitrogens with zero attached hydrogens (tertiary/aromatic N) is 4. The van der Waals surface area contributed by atoms with Crippen molar-refractivity contribution in [1.29, 1.82) is 0 Å². The third kappa shape index (κ3) is 11.4. The molecule has 2 heterocycles. The molecule has 0 aromatic heterocycles. The van der Waals surface area contributed by atoms with Crippen molar-refractivity contribution in [2.75, 3.05) is 66.5 Å². The van der Waals surface area contributed by atoms with Crippen molar-refractivity contribution in [3.05, 3.63) is 44.4 Å². The molecule has 2 aromatic carbocycles. The first kappa shape index (κ1) is 45.0. The maximum Gasteiger partial charge on any atom is 0.423 e. The predicted octanol–water partition coefficient (Wildman–Crippen LogP) is 5.87. The summed E-state index contributed by atoms with van der Waals surface area (Å²) in [4.78, 5) is 29.3. The van der Waals surface area contributed by atoms with Crippen molar-refractivity contribution in [2.24, 2.45) is 0 Å². The lowest BCUT2D eigenvalue weighted by Gasteiger charge is -2.28. The molecule has 50 heavy (non-hydrogen) atoms. The predicted molar refractivity (Wildman–Crippen MR) is 199 cm³/mol. The molecule has 0 aliphatic carbocycles. The zero-order chi connectivity index (χ0) is 35.2. The van der Waals surface area contributed by atoms with Crippen LogP contribution < -0.4 is 9.47 Å². The second-order valence-corrected chi connectivity index (χ2v) is 17.4. The zero-order valence-electron chi connectivity index (χ0n) is 27.4. The molecule has 0 unspecified atom stereocenters. The standard InChI is InChI=1S/C30H38Cl4N4O8S2.2ClH/c1-35(13-15-37-9-5-3-6-10-37)47(41,42)25-19-21(31)17-23(33)27(25)45-29(39)30(40)46-28-24(34)18-22(32)20-26(28)48(43,44)36(2)14-16-38-11-7-4-8-12-38;;/h17-20H,3-16H2,1-2H3;2*1H. The fraction of sp³-hybridized carbons (Fsp3) is 0.533. The quantitative estimate of drug-likeness (QED) is 0.145. The second kappa shape index (κ2) is 19.8. The van der Waals surface area contributed by atoms with Gasteiger partial charge in [-0.1, -0.05) is 59.2 Å². The van der Waals surface area contributed by atoms with Crippen LogP contribution in [-0.2, 0) is 29.6 Å². The van der Waals surface area contributed by atoms with Crippen molar-refractivity contribution < 1.29 is 35.9 Å². The highest BCUT2D eigenvalue weighted by Gasteiger charge is 2.34. The second-order valence-electron chi connectivity index (χ2n) is 11.7. The number of benzene rings is 2. The Kier molecular flexibility index (Phi) is 17.8. The third-order valence-corrected chi connectivity index (χ3v) is 13.0. The van der Waals surface area contributed by atoms with Crippen LogP contribution in [0.1, 0.15) is 38.5 Å². The van der Waals surface area contributed by atoms with Gasteiger partial charge in [0.2, 0.25) is 20.0 Å². The Morgan fingerprint density at radius 1 is 0.620 bits per heavy atom. The Morgan fingerprint density at radius 2 is 0.940 bits per heavy atom. The fourth-order valence-corrected chi connectivity index (χ4v) is 9.37. The zero-order valence-corrected chi connectivity index (χ0v) is 33.7. The molecular formula is C30H40Cl6N4O8S2. The van der Waals surface area contributed by atoms with Gasteiger partial charge in [-0.25, -0.2) is 26.4 Å². The smallest absolute Gasteiger partial charge is 0.415 e. The number of likely N-dealkylation sites (tertiary alicyclic amines) is 2. The Morgan fingerprint density at radius 3 is 1.26 bits per heavy atom. The molecule has 0 atom stereocenters. The van der Waals surface area contributed by atoms with Crippen molar-refractivity contribution in [1.82, 2.24) is 18.4 Å². The molecular weight excluding hydrogens is 821 g/mol. The maximum atomic E-state index is 13.6. The molecule has 282 valence electrons. The van der Waals surface area contributed by atoms with E-state index in [0.29, 0.717) is 13.1 Å². The highest BCUT2D eigenvalue weighted by atomic mass is 35.5. The van der Waals surface area contributed by atoms with Crippen LogP contribution in [0.15, 0.2) is 34.1 Å². The summed E-state index contributed by atoms with van der Waals surface area (Å²) in [6.07, 6.45) is 6.36. The Hall–Kier alpha value is -1.14. The van der Waals surface area contributed by atoms with Gasteiger partial charge in [0.15, 0.2) is 11.5 Å². The summed E-state index contributed by atoms with van der Waals surface area (Å²) >= 11 is 24.8. The lowest BCUT2D eigenvalue weighted by atomic mass is 10.1. The average molecular weight is 862 g/mol. The molecule has 0 amide bonds. The first-order chi connectivity index (χ1) is 22.6. The number of ether oxygens (including phenoxy) is 2. The van der Waals surface area contributed by atoms with E-state index in [1.807, 2.05) is 0 Å². The minimum absolute atomic E-state index is 0.